The highest BCUT2D eigenvalue weighted by Gasteiger charge is 2.32. The van der Waals surface area contributed by atoms with Gasteiger partial charge in [0.15, 0.2) is 0 Å². The molecule has 0 bridgehead atoms. The van der Waals surface area contributed by atoms with Crippen LogP contribution in [-0.4, -0.2) is 38.9 Å². The molecule has 144 valence electrons. The molecule has 1 aliphatic rings. The Morgan fingerprint density at radius 3 is 2.59 bits per heavy atom. The lowest BCUT2D eigenvalue weighted by molar-refractivity contribution is -0.120. The van der Waals surface area contributed by atoms with Crippen LogP contribution in [0.3, 0.4) is 0 Å². The van der Waals surface area contributed by atoms with Gasteiger partial charge in [-0.25, -0.2) is 8.42 Å². The number of thioether (sulfide) groups is 1. The van der Waals surface area contributed by atoms with Gasteiger partial charge in [0.1, 0.15) is 6.04 Å². The molecule has 1 aliphatic heterocycles. The summed E-state index contributed by atoms with van der Waals surface area (Å²) in [6.07, 6.45) is 3.19. The molecular weight excluding hydrogens is 380 g/mol. The first kappa shape index (κ1) is 19.9. The highest BCUT2D eigenvalue weighted by atomic mass is 32.2. The van der Waals surface area contributed by atoms with E-state index in [0.29, 0.717) is 18.7 Å². The molecule has 0 saturated heterocycles. The number of hydrogen-bond acceptors (Lipinski definition) is 4. The number of fused-ring (bicyclic) bond motifs is 1. The van der Waals surface area contributed by atoms with Gasteiger partial charge in [-0.05, 0) is 55.5 Å². The molecule has 7 heteroatoms. The molecule has 0 radical (unpaired) electrons. The number of benzene rings is 2. The van der Waals surface area contributed by atoms with E-state index in [-0.39, 0.29) is 10.8 Å². The van der Waals surface area contributed by atoms with Crippen LogP contribution in [0.25, 0.3) is 0 Å². The Morgan fingerprint density at radius 1 is 1.19 bits per heavy atom. The zero-order valence-corrected chi connectivity index (χ0v) is 17.1. The second-order valence-electron chi connectivity index (χ2n) is 6.64. The van der Waals surface area contributed by atoms with Gasteiger partial charge in [-0.2, -0.15) is 16.5 Å². The number of amides is 1. The second kappa shape index (κ2) is 8.46. The zero-order chi connectivity index (χ0) is 19.4. The van der Waals surface area contributed by atoms with E-state index >= 15 is 0 Å². The maximum absolute atomic E-state index is 13.2. The number of nitrogens with zero attached hydrogens (tertiary/aromatic N) is 1. The molecule has 3 rings (SSSR count). The van der Waals surface area contributed by atoms with Gasteiger partial charge in [-0.1, -0.05) is 35.9 Å². The summed E-state index contributed by atoms with van der Waals surface area (Å²) in [5, 5.41) is 0. The molecule has 0 spiro atoms. The zero-order valence-electron chi connectivity index (χ0n) is 15.5. The molecule has 1 amide bonds. The summed E-state index contributed by atoms with van der Waals surface area (Å²) in [6.45, 7) is 2.49. The van der Waals surface area contributed by atoms with E-state index in [4.69, 9.17) is 0 Å². The number of nitrogens with one attached hydrogen (secondary N) is 1. The Bertz CT molecular complexity index is 911. The average molecular weight is 405 g/mol. The van der Waals surface area contributed by atoms with Gasteiger partial charge in [-0.3, -0.25) is 4.79 Å². The Labute approximate surface area is 165 Å². The molecule has 2 aromatic rings. The van der Waals surface area contributed by atoms with Crippen molar-refractivity contribution in [3.63, 3.8) is 0 Å². The molecule has 0 fully saturated rings. The predicted molar refractivity (Wildman–Crippen MR) is 111 cm³/mol. The third-order valence-electron chi connectivity index (χ3n) is 4.69. The summed E-state index contributed by atoms with van der Waals surface area (Å²) in [7, 11) is -3.77. The van der Waals surface area contributed by atoms with E-state index in [9.17, 15) is 13.2 Å². The van der Waals surface area contributed by atoms with E-state index in [2.05, 4.69) is 4.72 Å². The molecule has 0 aromatic heterocycles. The largest absolute Gasteiger partial charge is 0.310 e. The topological polar surface area (TPSA) is 66.5 Å². The van der Waals surface area contributed by atoms with E-state index in [1.165, 1.54) is 0 Å². The van der Waals surface area contributed by atoms with Crippen LogP contribution in [0.4, 0.5) is 5.69 Å². The number of aryl methyl sites for hydroxylation is 1. The van der Waals surface area contributed by atoms with Crippen LogP contribution in [0.15, 0.2) is 53.4 Å². The van der Waals surface area contributed by atoms with Crippen LogP contribution in [0.1, 0.15) is 17.5 Å². The molecule has 27 heavy (non-hydrogen) atoms. The normalized spacial score (nSPS) is 14.8. The van der Waals surface area contributed by atoms with Crippen molar-refractivity contribution in [3.05, 3.63) is 59.7 Å². The van der Waals surface area contributed by atoms with Crippen molar-refractivity contribution in [1.29, 1.82) is 0 Å². The number of rotatable bonds is 7. The standard InChI is InChI=1S/C20H24N2O3S2/c1-15-7-9-17(10-8-15)27(24,25)21-18(12-14-26-2)20(23)22-13-11-16-5-3-4-6-19(16)22/h3-10,18,21H,11-14H2,1-2H3. The molecule has 5 nitrogen and oxygen atoms in total. The Morgan fingerprint density at radius 2 is 1.89 bits per heavy atom. The SMILES string of the molecule is CSCCC(NS(=O)(=O)c1ccc(C)cc1)C(=O)N1CCc2ccccc21. The van der Waals surface area contributed by atoms with E-state index < -0.39 is 16.1 Å². The molecule has 2 aromatic carbocycles. The van der Waals surface area contributed by atoms with Crippen molar-refractivity contribution in [3.8, 4) is 0 Å². The highest BCUT2D eigenvalue weighted by Crippen LogP contribution is 2.28. The van der Waals surface area contributed by atoms with Crippen molar-refractivity contribution in [2.75, 3.05) is 23.5 Å². The lowest BCUT2D eigenvalue weighted by Crippen LogP contribution is -2.48. The number of hydrogen-bond donors (Lipinski definition) is 1. The Kier molecular flexibility index (Phi) is 6.24. The van der Waals surface area contributed by atoms with Crippen molar-refractivity contribution in [1.82, 2.24) is 4.72 Å². The van der Waals surface area contributed by atoms with Crippen LogP contribution in [-0.2, 0) is 21.2 Å². The maximum atomic E-state index is 13.2. The van der Waals surface area contributed by atoms with Crippen LogP contribution >= 0.6 is 11.8 Å². The first-order chi connectivity index (χ1) is 12.9. The molecule has 1 heterocycles. The first-order valence-electron chi connectivity index (χ1n) is 8.89. The highest BCUT2D eigenvalue weighted by molar-refractivity contribution is 7.98. The number of anilines is 1. The van der Waals surface area contributed by atoms with Gasteiger partial charge in [0.2, 0.25) is 15.9 Å². The molecule has 0 saturated carbocycles. The summed E-state index contributed by atoms with van der Waals surface area (Å²) in [5.74, 6) is 0.507. The Balaban J connectivity index is 1.83. The van der Waals surface area contributed by atoms with Crippen molar-refractivity contribution in [2.24, 2.45) is 0 Å². The van der Waals surface area contributed by atoms with Gasteiger partial charge in [-0.15, -0.1) is 0 Å². The monoisotopic (exact) mass is 404 g/mol. The number of para-hydroxylation sites is 1. The summed E-state index contributed by atoms with van der Waals surface area (Å²) >= 11 is 1.59. The number of carbonyl (C=O) groups is 1. The van der Waals surface area contributed by atoms with Gasteiger partial charge in [0, 0.05) is 12.2 Å². The quantitative estimate of drug-likeness (QED) is 0.770. The maximum Gasteiger partial charge on any atom is 0.245 e. The molecule has 0 aliphatic carbocycles. The lowest BCUT2D eigenvalue weighted by atomic mass is 10.1. The Hall–Kier alpha value is -1.83. The van der Waals surface area contributed by atoms with Crippen molar-refractivity contribution >= 4 is 33.4 Å². The fourth-order valence-corrected chi connectivity index (χ4v) is 4.89. The lowest BCUT2D eigenvalue weighted by Gasteiger charge is -2.24. The average Bonchev–Trinajstić information content (AvgIpc) is 3.09. The minimum Gasteiger partial charge on any atom is -0.310 e. The van der Waals surface area contributed by atoms with Gasteiger partial charge >= 0.3 is 0 Å². The third-order valence-corrected chi connectivity index (χ3v) is 6.82. The first-order valence-corrected chi connectivity index (χ1v) is 11.8. The number of carbonyl (C=O) groups excluding carboxylic acids is 1. The third kappa shape index (κ3) is 4.54. The summed E-state index contributed by atoms with van der Waals surface area (Å²) in [5.41, 5.74) is 2.99. The van der Waals surface area contributed by atoms with E-state index in [0.717, 1.165) is 23.2 Å². The van der Waals surface area contributed by atoms with Gasteiger partial charge < -0.3 is 4.90 Å². The predicted octanol–water partition coefficient (Wildman–Crippen LogP) is 2.98. The molecule has 1 N–H and O–H groups in total. The minimum absolute atomic E-state index is 0.178. The fraction of sp³-hybridized carbons (Fsp3) is 0.350. The van der Waals surface area contributed by atoms with Gasteiger partial charge in [0.05, 0.1) is 4.90 Å². The fourth-order valence-electron chi connectivity index (χ4n) is 3.20. The summed E-state index contributed by atoms with van der Waals surface area (Å²) < 4.78 is 28.2. The molecule has 1 atom stereocenters. The van der Waals surface area contributed by atoms with Crippen LogP contribution in [0.5, 0.6) is 0 Å². The van der Waals surface area contributed by atoms with Crippen molar-refractivity contribution < 1.29 is 13.2 Å². The van der Waals surface area contributed by atoms with Crippen LogP contribution < -0.4 is 9.62 Å². The van der Waals surface area contributed by atoms with Gasteiger partial charge in [0.25, 0.3) is 0 Å². The van der Waals surface area contributed by atoms with E-state index in [1.807, 2.05) is 37.4 Å². The van der Waals surface area contributed by atoms with Crippen LogP contribution in [0, 0.1) is 6.92 Å². The second-order valence-corrected chi connectivity index (χ2v) is 9.34. The number of sulfonamides is 1. The smallest absolute Gasteiger partial charge is 0.245 e. The van der Waals surface area contributed by atoms with E-state index in [1.54, 1.807) is 40.9 Å². The minimum atomic E-state index is -3.77. The summed E-state index contributed by atoms with van der Waals surface area (Å²) in [6, 6.07) is 13.6. The van der Waals surface area contributed by atoms with Crippen molar-refractivity contribution in [2.45, 2.75) is 30.7 Å². The molecular formula is C20H24N2O3S2. The van der Waals surface area contributed by atoms with Crippen LogP contribution in [0.2, 0.25) is 0 Å². The summed E-state index contributed by atoms with van der Waals surface area (Å²) in [4.78, 5) is 15.1. The molecule has 1 unspecified atom stereocenters.